The lowest BCUT2D eigenvalue weighted by molar-refractivity contribution is -0.0515. The number of hydrogen-bond donors (Lipinski definition) is 0. The van der Waals surface area contributed by atoms with E-state index < -0.39 is 6.61 Å². The van der Waals surface area contributed by atoms with Crippen LogP contribution in [0.25, 0.3) is 22.2 Å². The molecule has 2 aromatic carbocycles. The Labute approximate surface area is 154 Å². The van der Waals surface area contributed by atoms with Gasteiger partial charge in [-0.3, -0.25) is 0 Å². The van der Waals surface area contributed by atoms with E-state index in [4.69, 9.17) is 4.74 Å². The van der Waals surface area contributed by atoms with Crippen molar-refractivity contribution >= 4 is 33.6 Å². The number of ether oxygens (including phenoxy) is 2. The van der Waals surface area contributed by atoms with Gasteiger partial charge in [0.15, 0.2) is 11.5 Å². The number of fused-ring (bicyclic) bond motifs is 1. The lowest BCUT2D eigenvalue weighted by Gasteiger charge is -2.12. The Morgan fingerprint density at radius 2 is 1.96 bits per heavy atom. The van der Waals surface area contributed by atoms with Gasteiger partial charge in [0.1, 0.15) is 0 Å². The van der Waals surface area contributed by atoms with Crippen LogP contribution in [0.2, 0.25) is 0 Å². The number of rotatable bonds is 7. The Balaban J connectivity index is 1.58. The fraction of sp³-hybridized carbons (Fsp3) is 0.238. The summed E-state index contributed by atoms with van der Waals surface area (Å²) in [5.74, 6) is 0.982. The van der Waals surface area contributed by atoms with E-state index in [9.17, 15) is 8.78 Å². The second-order valence-electron chi connectivity index (χ2n) is 6.35. The molecule has 0 aliphatic heterocycles. The maximum Gasteiger partial charge on any atom is 0.387 e. The molecule has 3 aromatic rings. The van der Waals surface area contributed by atoms with Gasteiger partial charge in [-0.15, -0.1) is 11.3 Å². The van der Waals surface area contributed by atoms with Crippen LogP contribution in [-0.2, 0) is 0 Å². The van der Waals surface area contributed by atoms with E-state index >= 15 is 0 Å². The molecule has 0 N–H and O–H groups in total. The minimum atomic E-state index is -2.86. The molecule has 5 heteroatoms. The third kappa shape index (κ3) is 4.05. The molecule has 0 bridgehead atoms. The molecule has 0 amide bonds. The van der Waals surface area contributed by atoms with Crippen LogP contribution in [0.5, 0.6) is 11.5 Å². The van der Waals surface area contributed by atoms with Crippen LogP contribution >= 0.6 is 11.3 Å². The molecule has 1 fully saturated rings. The summed E-state index contributed by atoms with van der Waals surface area (Å²) in [7, 11) is 0. The first-order chi connectivity index (χ1) is 12.7. The van der Waals surface area contributed by atoms with Crippen molar-refractivity contribution in [3.63, 3.8) is 0 Å². The van der Waals surface area contributed by atoms with E-state index in [1.54, 1.807) is 29.5 Å². The van der Waals surface area contributed by atoms with Crippen molar-refractivity contribution in [1.29, 1.82) is 0 Å². The van der Waals surface area contributed by atoms with E-state index in [2.05, 4.69) is 28.3 Å². The first-order valence-corrected chi connectivity index (χ1v) is 9.43. The molecule has 0 spiro atoms. The first kappa shape index (κ1) is 17.0. The van der Waals surface area contributed by atoms with Gasteiger partial charge in [0, 0.05) is 4.70 Å². The number of halogens is 2. The van der Waals surface area contributed by atoms with Crippen molar-refractivity contribution in [3.8, 4) is 11.5 Å². The summed E-state index contributed by atoms with van der Waals surface area (Å²) in [6, 6.07) is 13.3. The van der Waals surface area contributed by atoms with E-state index in [-0.39, 0.29) is 5.75 Å². The third-order valence-corrected chi connectivity index (χ3v) is 5.22. The average molecular weight is 372 g/mol. The van der Waals surface area contributed by atoms with Gasteiger partial charge in [-0.05, 0) is 64.9 Å². The van der Waals surface area contributed by atoms with Crippen LogP contribution in [0.3, 0.4) is 0 Å². The maximum absolute atomic E-state index is 12.6. The lowest BCUT2D eigenvalue weighted by Crippen LogP contribution is -2.06. The topological polar surface area (TPSA) is 18.5 Å². The van der Waals surface area contributed by atoms with Crippen molar-refractivity contribution in [2.45, 2.75) is 19.5 Å². The van der Waals surface area contributed by atoms with Gasteiger partial charge < -0.3 is 9.47 Å². The van der Waals surface area contributed by atoms with Crippen LogP contribution in [0.4, 0.5) is 8.78 Å². The molecule has 1 saturated carbocycles. The molecular formula is C21H18F2O2S. The molecule has 4 rings (SSSR count). The normalized spacial score (nSPS) is 14.4. The second-order valence-corrected chi connectivity index (χ2v) is 7.30. The van der Waals surface area contributed by atoms with Crippen LogP contribution in [-0.4, -0.2) is 13.2 Å². The first-order valence-electron chi connectivity index (χ1n) is 8.55. The van der Waals surface area contributed by atoms with Gasteiger partial charge in [-0.25, -0.2) is 0 Å². The fourth-order valence-electron chi connectivity index (χ4n) is 2.78. The summed E-state index contributed by atoms with van der Waals surface area (Å²) in [5, 5.41) is 3.28. The summed E-state index contributed by atoms with van der Waals surface area (Å²) in [5.41, 5.74) is 2.00. The number of alkyl halides is 2. The summed E-state index contributed by atoms with van der Waals surface area (Å²) in [6.07, 6.45) is 6.26. The molecule has 0 saturated heterocycles. The maximum atomic E-state index is 12.6. The SMILES string of the molecule is FC(F)Oc1ccc(/C=C/c2cccc3sccc23)cc1OCC1CC1. The van der Waals surface area contributed by atoms with Crippen LogP contribution < -0.4 is 9.47 Å². The molecule has 1 aromatic heterocycles. The number of hydrogen-bond acceptors (Lipinski definition) is 3. The Morgan fingerprint density at radius 1 is 1.08 bits per heavy atom. The Kier molecular flexibility index (Phi) is 4.89. The largest absolute Gasteiger partial charge is 0.489 e. The predicted octanol–water partition coefficient (Wildman–Crippen LogP) is 6.46. The molecule has 0 atom stereocenters. The van der Waals surface area contributed by atoms with Crippen LogP contribution in [0.1, 0.15) is 24.0 Å². The second kappa shape index (κ2) is 7.46. The Hall–Kier alpha value is -2.40. The third-order valence-electron chi connectivity index (χ3n) is 4.34. The molecule has 1 aliphatic carbocycles. The molecule has 0 unspecified atom stereocenters. The zero-order valence-corrected chi connectivity index (χ0v) is 14.8. The highest BCUT2D eigenvalue weighted by molar-refractivity contribution is 7.17. The smallest absolute Gasteiger partial charge is 0.387 e. The van der Waals surface area contributed by atoms with Gasteiger partial charge in [0.05, 0.1) is 6.61 Å². The lowest BCUT2D eigenvalue weighted by atomic mass is 10.1. The molecule has 0 radical (unpaired) electrons. The van der Waals surface area contributed by atoms with Gasteiger partial charge >= 0.3 is 6.61 Å². The number of thiophene rings is 1. The molecular weight excluding hydrogens is 354 g/mol. The van der Waals surface area contributed by atoms with E-state index in [0.717, 1.165) is 24.0 Å². The van der Waals surface area contributed by atoms with Crippen molar-refractivity contribution in [2.24, 2.45) is 5.92 Å². The summed E-state index contributed by atoms with van der Waals surface area (Å²) >= 11 is 1.71. The minimum Gasteiger partial charge on any atom is -0.489 e. The van der Waals surface area contributed by atoms with Crippen LogP contribution in [0.15, 0.2) is 47.8 Å². The molecule has 1 heterocycles. The summed E-state index contributed by atoms with van der Waals surface area (Å²) in [4.78, 5) is 0. The zero-order chi connectivity index (χ0) is 17.9. The monoisotopic (exact) mass is 372 g/mol. The van der Waals surface area contributed by atoms with Crippen LogP contribution in [0, 0.1) is 5.92 Å². The molecule has 2 nitrogen and oxygen atoms in total. The van der Waals surface area contributed by atoms with Gasteiger partial charge in [-0.2, -0.15) is 8.78 Å². The van der Waals surface area contributed by atoms with Gasteiger partial charge in [-0.1, -0.05) is 30.4 Å². The molecule has 1 aliphatic rings. The van der Waals surface area contributed by atoms with Crippen molar-refractivity contribution in [2.75, 3.05) is 6.61 Å². The van der Waals surface area contributed by atoms with Gasteiger partial charge in [0.25, 0.3) is 0 Å². The van der Waals surface area contributed by atoms with E-state index in [0.29, 0.717) is 18.3 Å². The highest BCUT2D eigenvalue weighted by atomic mass is 32.1. The van der Waals surface area contributed by atoms with Gasteiger partial charge in [0.2, 0.25) is 0 Å². The van der Waals surface area contributed by atoms with Crippen molar-refractivity contribution in [3.05, 3.63) is 59.0 Å². The standard InChI is InChI=1S/C21H18F2O2S/c22-21(23)25-18-9-7-14(12-19(18)24-13-15-4-5-15)6-8-16-2-1-3-20-17(16)10-11-26-20/h1-3,6-12,15,21H,4-5,13H2/b8-6+. The quantitative estimate of drug-likeness (QED) is 0.443. The Morgan fingerprint density at radius 3 is 2.77 bits per heavy atom. The Bertz CT molecular complexity index is 929. The predicted molar refractivity (Wildman–Crippen MR) is 102 cm³/mol. The number of benzene rings is 2. The molecule has 134 valence electrons. The summed E-state index contributed by atoms with van der Waals surface area (Å²) < 4.78 is 36.8. The minimum absolute atomic E-state index is 0.0812. The molecule has 26 heavy (non-hydrogen) atoms. The highest BCUT2D eigenvalue weighted by Gasteiger charge is 2.23. The van der Waals surface area contributed by atoms with Crippen molar-refractivity contribution in [1.82, 2.24) is 0 Å². The highest BCUT2D eigenvalue weighted by Crippen LogP contribution is 2.34. The fourth-order valence-corrected chi connectivity index (χ4v) is 3.60. The van der Waals surface area contributed by atoms with E-state index in [1.807, 2.05) is 18.2 Å². The summed E-state index contributed by atoms with van der Waals surface area (Å²) in [6.45, 7) is -2.32. The zero-order valence-electron chi connectivity index (χ0n) is 14.0. The van der Waals surface area contributed by atoms with E-state index in [1.165, 1.54) is 10.1 Å². The van der Waals surface area contributed by atoms with Crippen molar-refractivity contribution < 1.29 is 18.3 Å². The average Bonchev–Trinajstić information content (AvgIpc) is 3.33.